The van der Waals surface area contributed by atoms with Crippen LogP contribution < -0.4 is 10.6 Å². The molecule has 2 N–H and O–H groups in total. The van der Waals surface area contributed by atoms with E-state index in [2.05, 4.69) is 36.1 Å². The van der Waals surface area contributed by atoms with Gasteiger partial charge in [0.15, 0.2) is 5.82 Å². The van der Waals surface area contributed by atoms with Crippen molar-refractivity contribution in [2.75, 3.05) is 5.32 Å². The molecule has 232 valence electrons. The number of hydrogen-bond donors (Lipinski definition) is 2. The highest BCUT2D eigenvalue weighted by Crippen LogP contribution is 2.42. The van der Waals surface area contributed by atoms with E-state index in [0.29, 0.717) is 10.7 Å². The zero-order valence-electron chi connectivity index (χ0n) is 22.8. The molecule has 1 aliphatic carbocycles. The number of hydrogen-bond acceptors (Lipinski definition) is 7. The van der Waals surface area contributed by atoms with E-state index in [4.69, 9.17) is 11.6 Å². The Morgan fingerprint density at radius 3 is 2.50 bits per heavy atom. The molecule has 0 bridgehead atoms. The summed E-state index contributed by atoms with van der Waals surface area (Å²) < 4.78 is 80.9. The first-order valence-electron chi connectivity index (χ1n) is 13.0. The zero-order chi connectivity index (χ0) is 32.0. The molecule has 44 heavy (non-hydrogen) atoms. The Morgan fingerprint density at radius 2 is 1.84 bits per heavy atom. The van der Waals surface area contributed by atoms with Gasteiger partial charge >= 0.3 is 12.1 Å². The van der Waals surface area contributed by atoms with Crippen molar-refractivity contribution in [1.82, 2.24) is 40.3 Å². The molecule has 0 spiro atoms. The molecule has 2 amide bonds. The molecule has 18 heteroatoms. The summed E-state index contributed by atoms with van der Waals surface area (Å²) in [6.45, 7) is 2.73. The summed E-state index contributed by atoms with van der Waals surface area (Å²) in [5.41, 5.74) is -0.202. The Bertz CT molecular complexity index is 1730. The molecule has 11 nitrogen and oxygen atoms in total. The number of pyridine rings is 1. The van der Waals surface area contributed by atoms with E-state index in [1.165, 1.54) is 31.3 Å². The number of carbonyl (C=O) groups is 2. The summed E-state index contributed by atoms with van der Waals surface area (Å²) in [7, 11) is 0. The molecule has 5 rings (SSSR count). The van der Waals surface area contributed by atoms with Gasteiger partial charge in [-0.25, -0.2) is 14.1 Å². The number of carbonyl (C=O) groups excluding carboxylic acids is 2. The summed E-state index contributed by atoms with van der Waals surface area (Å²) in [5.74, 6) is -9.12. The van der Waals surface area contributed by atoms with E-state index in [9.17, 15) is 35.9 Å². The standard InChI is InChI=1S/C26H22ClF6N9O2/c1-12-8-15(28)9-17(22(43)35-13(2)14-5-6-14)20(12)36-23(44)19-10-16(38-42(19)21-18(27)4-3-7-34-21)11-41-39-24(37-40-41)25(29,30)26(31,32)33/h3-4,7-10,13-14H,5-6,11H2,1-2H3,(H,35,43)(H,36,44). The van der Waals surface area contributed by atoms with Crippen molar-refractivity contribution in [2.24, 2.45) is 5.92 Å². The van der Waals surface area contributed by atoms with Crippen molar-refractivity contribution >= 4 is 29.1 Å². The van der Waals surface area contributed by atoms with Gasteiger partial charge in [-0.15, -0.1) is 10.2 Å². The van der Waals surface area contributed by atoms with Crippen LogP contribution in [0.15, 0.2) is 36.5 Å². The third kappa shape index (κ3) is 6.22. The number of aryl methyl sites for hydroxylation is 1. The van der Waals surface area contributed by atoms with Gasteiger partial charge in [-0.2, -0.15) is 31.8 Å². The van der Waals surface area contributed by atoms with Gasteiger partial charge in [0.05, 0.1) is 22.0 Å². The fraction of sp³-hybridized carbons (Fsp3) is 0.346. The number of benzene rings is 1. The number of nitrogens with zero attached hydrogens (tertiary/aromatic N) is 7. The van der Waals surface area contributed by atoms with Gasteiger partial charge in [0.25, 0.3) is 17.6 Å². The first-order chi connectivity index (χ1) is 20.7. The maximum Gasteiger partial charge on any atom is 0.461 e. The van der Waals surface area contributed by atoms with Crippen LogP contribution in [-0.2, 0) is 12.5 Å². The zero-order valence-corrected chi connectivity index (χ0v) is 23.6. The number of amides is 2. The normalized spacial score (nSPS) is 14.4. The van der Waals surface area contributed by atoms with Crippen LogP contribution in [0.5, 0.6) is 0 Å². The van der Waals surface area contributed by atoms with Crippen LogP contribution in [-0.4, -0.2) is 59.0 Å². The minimum atomic E-state index is -5.95. The Kier molecular flexibility index (Phi) is 8.09. The average molecular weight is 642 g/mol. The lowest BCUT2D eigenvalue weighted by Crippen LogP contribution is -2.35. The van der Waals surface area contributed by atoms with Crippen LogP contribution in [0.4, 0.5) is 32.0 Å². The number of rotatable bonds is 9. The number of anilines is 1. The van der Waals surface area contributed by atoms with Crippen LogP contribution in [0.25, 0.3) is 5.82 Å². The van der Waals surface area contributed by atoms with E-state index >= 15 is 0 Å². The molecule has 0 radical (unpaired) electrons. The second-order valence-corrected chi connectivity index (χ2v) is 10.6. The van der Waals surface area contributed by atoms with Gasteiger partial charge in [-0.05, 0) is 73.7 Å². The van der Waals surface area contributed by atoms with Crippen LogP contribution in [0.3, 0.4) is 0 Å². The summed E-state index contributed by atoms with van der Waals surface area (Å²) in [5, 5.41) is 18.9. The second-order valence-electron chi connectivity index (χ2n) is 10.2. The molecule has 1 atom stereocenters. The first-order valence-corrected chi connectivity index (χ1v) is 13.4. The quantitative estimate of drug-likeness (QED) is 0.250. The highest BCUT2D eigenvalue weighted by atomic mass is 35.5. The summed E-state index contributed by atoms with van der Waals surface area (Å²) in [6.07, 6.45) is -2.70. The van der Waals surface area contributed by atoms with Gasteiger partial charge in [-0.1, -0.05) is 11.6 Å². The highest BCUT2D eigenvalue weighted by molar-refractivity contribution is 6.32. The minimum absolute atomic E-state index is 0.00952. The lowest BCUT2D eigenvalue weighted by atomic mass is 10.1. The molecule has 4 aromatic rings. The maximum absolute atomic E-state index is 14.4. The molecule has 0 aliphatic heterocycles. The maximum atomic E-state index is 14.4. The molecule has 1 unspecified atom stereocenters. The third-order valence-electron chi connectivity index (χ3n) is 6.80. The molecule has 1 fully saturated rings. The van der Waals surface area contributed by atoms with Crippen LogP contribution in [0.2, 0.25) is 5.02 Å². The molecule has 3 heterocycles. The van der Waals surface area contributed by atoms with E-state index in [0.717, 1.165) is 29.7 Å². The second kappa shape index (κ2) is 11.5. The van der Waals surface area contributed by atoms with E-state index in [1.807, 2.05) is 6.92 Å². The largest absolute Gasteiger partial charge is 0.461 e. The van der Waals surface area contributed by atoms with Crippen LogP contribution in [0, 0.1) is 18.7 Å². The van der Waals surface area contributed by atoms with E-state index in [1.54, 1.807) is 0 Å². The molecule has 3 aromatic heterocycles. The SMILES string of the molecule is Cc1cc(F)cc(C(=O)NC(C)C2CC2)c1NC(=O)c1cc(Cn2nnc(C(F)(F)C(F)(F)F)n2)nn1-c1ncccc1Cl. The van der Waals surface area contributed by atoms with Crippen LogP contribution >= 0.6 is 11.6 Å². The van der Waals surface area contributed by atoms with Crippen LogP contribution in [0.1, 0.15) is 57.7 Å². The lowest BCUT2D eigenvalue weighted by Gasteiger charge is -2.17. The lowest BCUT2D eigenvalue weighted by molar-refractivity contribution is -0.292. The Labute approximate surface area is 249 Å². The monoisotopic (exact) mass is 641 g/mol. The van der Waals surface area contributed by atoms with Gasteiger partial charge < -0.3 is 10.6 Å². The van der Waals surface area contributed by atoms with Crippen molar-refractivity contribution < 1.29 is 35.9 Å². The number of nitrogens with one attached hydrogen (secondary N) is 2. The summed E-state index contributed by atoms with van der Waals surface area (Å²) >= 11 is 6.27. The molecular formula is C26H22ClF6N9O2. The molecule has 0 saturated heterocycles. The fourth-order valence-electron chi connectivity index (χ4n) is 4.34. The Balaban J connectivity index is 1.49. The smallest absolute Gasteiger partial charge is 0.349 e. The number of tetrazole rings is 1. The Hall–Kier alpha value is -4.54. The van der Waals surface area contributed by atoms with Crippen molar-refractivity contribution in [1.29, 1.82) is 0 Å². The first kappa shape index (κ1) is 30.9. The average Bonchev–Trinajstić information content (AvgIpc) is 3.55. The van der Waals surface area contributed by atoms with Gasteiger partial charge in [0.2, 0.25) is 0 Å². The number of halogens is 7. The van der Waals surface area contributed by atoms with Crippen molar-refractivity contribution in [2.45, 2.75) is 51.4 Å². The minimum Gasteiger partial charge on any atom is -0.349 e. The van der Waals surface area contributed by atoms with Gasteiger partial charge in [0, 0.05) is 12.2 Å². The summed E-state index contributed by atoms with van der Waals surface area (Å²) in [4.78, 5) is 31.3. The molecule has 1 saturated carbocycles. The van der Waals surface area contributed by atoms with Crippen molar-refractivity contribution in [3.8, 4) is 5.82 Å². The van der Waals surface area contributed by atoms with E-state index in [-0.39, 0.29) is 45.1 Å². The molecular weight excluding hydrogens is 620 g/mol. The third-order valence-corrected chi connectivity index (χ3v) is 7.09. The number of aromatic nitrogens is 7. The predicted molar refractivity (Wildman–Crippen MR) is 142 cm³/mol. The predicted octanol–water partition coefficient (Wildman–Crippen LogP) is 4.84. The van der Waals surface area contributed by atoms with Gasteiger partial charge in [-0.3, -0.25) is 9.59 Å². The molecule has 1 aromatic carbocycles. The van der Waals surface area contributed by atoms with E-state index < -0.39 is 42.1 Å². The summed E-state index contributed by atoms with van der Waals surface area (Å²) in [6, 6.07) is 6.06. The topological polar surface area (TPSA) is 133 Å². The van der Waals surface area contributed by atoms with Crippen molar-refractivity contribution in [3.05, 3.63) is 75.7 Å². The molecule has 1 aliphatic rings. The number of alkyl halides is 5. The van der Waals surface area contributed by atoms with Crippen molar-refractivity contribution in [3.63, 3.8) is 0 Å². The van der Waals surface area contributed by atoms with Gasteiger partial charge in [0.1, 0.15) is 18.1 Å². The Morgan fingerprint density at radius 1 is 1.11 bits per heavy atom. The highest BCUT2D eigenvalue weighted by Gasteiger charge is 2.62. The fourth-order valence-corrected chi connectivity index (χ4v) is 4.54.